The third-order valence-electron chi connectivity index (χ3n) is 6.04. The molecule has 3 nitrogen and oxygen atoms in total. The summed E-state index contributed by atoms with van der Waals surface area (Å²) < 4.78 is 11.5. The molecule has 0 radical (unpaired) electrons. The van der Waals surface area contributed by atoms with Gasteiger partial charge in [-0.05, 0) is 77.7 Å². The van der Waals surface area contributed by atoms with E-state index < -0.39 is 0 Å². The molecule has 2 aromatic rings. The Kier molecular flexibility index (Phi) is 7.29. The minimum absolute atomic E-state index is 0.172. The Labute approximate surface area is 188 Å². The summed E-state index contributed by atoms with van der Waals surface area (Å²) in [5, 5.41) is 0.834. The predicted octanol–water partition coefficient (Wildman–Crippen LogP) is 6.91. The Bertz CT molecular complexity index is 828. The van der Waals surface area contributed by atoms with Gasteiger partial charge < -0.3 is 9.47 Å². The molecule has 2 heterocycles. The van der Waals surface area contributed by atoms with E-state index in [0.717, 1.165) is 52.5 Å². The largest absolute Gasteiger partial charge is 0.497 e. The number of halogens is 2. The Morgan fingerprint density at radius 1 is 1.24 bits per heavy atom. The van der Waals surface area contributed by atoms with Crippen molar-refractivity contribution in [3.05, 3.63) is 56.8 Å². The van der Waals surface area contributed by atoms with E-state index in [2.05, 4.69) is 60.7 Å². The van der Waals surface area contributed by atoms with Crippen LogP contribution in [0.3, 0.4) is 0 Å². The third kappa shape index (κ3) is 5.15. The van der Waals surface area contributed by atoms with Crippen molar-refractivity contribution in [3.63, 3.8) is 0 Å². The second-order valence-corrected chi connectivity index (χ2v) is 9.81. The average Bonchev–Trinajstić information content (AvgIpc) is 3.32. The van der Waals surface area contributed by atoms with Gasteiger partial charge >= 0.3 is 0 Å². The highest BCUT2D eigenvalue weighted by molar-refractivity contribution is 9.10. The maximum atomic E-state index is 6.48. The van der Waals surface area contributed by atoms with Gasteiger partial charge in [-0.2, -0.15) is 0 Å². The smallest absolute Gasteiger partial charge is 0.118 e. The molecule has 5 heteroatoms. The molecule has 2 atom stereocenters. The van der Waals surface area contributed by atoms with Crippen LogP contribution in [0.2, 0.25) is 5.02 Å². The highest BCUT2D eigenvalue weighted by Crippen LogP contribution is 2.55. The summed E-state index contributed by atoms with van der Waals surface area (Å²) in [6.07, 6.45) is 7.14. The van der Waals surface area contributed by atoms with E-state index in [4.69, 9.17) is 21.1 Å². The van der Waals surface area contributed by atoms with E-state index >= 15 is 0 Å². The van der Waals surface area contributed by atoms with Gasteiger partial charge in [0.15, 0.2) is 0 Å². The molecule has 1 aromatic heterocycles. The second-order valence-electron chi connectivity index (χ2n) is 8.58. The molecule has 0 amide bonds. The molecule has 0 N–H and O–H groups in total. The molecular weight excluding hydrogens is 450 g/mol. The van der Waals surface area contributed by atoms with Crippen molar-refractivity contribution in [2.24, 2.45) is 5.92 Å². The predicted molar refractivity (Wildman–Crippen MR) is 123 cm³/mol. The molecule has 1 aliphatic carbocycles. The van der Waals surface area contributed by atoms with E-state index in [9.17, 15) is 0 Å². The Morgan fingerprint density at radius 3 is 2.38 bits per heavy atom. The fraction of sp³-hybridized carbons (Fsp3) is 0.542. The zero-order valence-corrected chi connectivity index (χ0v) is 20.3. The highest BCUT2D eigenvalue weighted by Gasteiger charge is 2.56. The molecule has 4 rings (SSSR count). The fourth-order valence-electron chi connectivity index (χ4n) is 4.46. The van der Waals surface area contributed by atoms with Crippen LogP contribution in [0.5, 0.6) is 5.75 Å². The Morgan fingerprint density at radius 2 is 1.86 bits per heavy atom. The van der Waals surface area contributed by atoms with Gasteiger partial charge in [0.25, 0.3) is 0 Å². The van der Waals surface area contributed by atoms with Crippen LogP contribution in [-0.2, 0) is 16.6 Å². The fourth-order valence-corrected chi connectivity index (χ4v) is 5.15. The molecular formula is C24H31BrClNO2. The molecule has 1 aliphatic heterocycles. The first-order chi connectivity index (χ1) is 13.8. The molecule has 1 saturated carbocycles. The van der Waals surface area contributed by atoms with Crippen LogP contribution >= 0.6 is 27.5 Å². The van der Waals surface area contributed by atoms with Crippen molar-refractivity contribution in [1.29, 1.82) is 0 Å². The van der Waals surface area contributed by atoms with Crippen LogP contribution in [-0.4, -0.2) is 24.3 Å². The molecule has 2 aliphatic rings. The zero-order valence-electron chi connectivity index (χ0n) is 18.0. The number of hydrogen-bond donors (Lipinski definition) is 0. The van der Waals surface area contributed by atoms with E-state index in [0.29, 0.717) is 12.2 Å². The minimum Gasteiger partial charge on any atom is -0.497 e. The van der Waals surface area contributed by atoms with Gasteiger partial charge in [0.2, 0.25) is 0 Å². The lowest BCUT2D eigenvalue weighted by molar-refractivity contribution is 0.235. The minimum atomic E-state index is 0.172. The number of pyridine rings is 1. The summed E-state index contributed by atoms with van der Waals surface area (Å²) in [6, 6.07) is 8.27. The standard InChI is InChI=1S/C13H15BrClNO.C11H16O/c1-3-13(4-9-10(5-13)17-9)11-7(2)16-6-8(14)12(11)15;1-9(2)8-10-4-6-11(12-3)7-5-10/h6,9-10H,3-5H2,1-2H3;4-7,9H,8H2,1-3H3. The number of methoxy groups -OCH3 is 1. The van der Waals surface area contributed by atoms with Crippen LogP contribution < -0.4 is 4.74 Å². The first-order valence-corrected chi connectivity index (χ1v) is 11.6. The molecule has 2 fully saturated rings. The number of nitrogens with zero attached hydrogens (tertiary/aromatic N) is 1. The summed E-state index contributed by atoms with van der Waals surface area (Å²) in [4.78, 5) is 4.44. The molecule has 2 unspecified atom stereocenters. The molecule has 0 spiro atoms. The van der Waals surface area contributed by atoms with Crippen molar-refractivity contribution < 1.29 is 9.47 Å². The first-order valence-electron chi connectivity index (χ1n) is 10.4. The van der Waals surface area contributed by atoms with Crippen molar-refractivity contribution in [2.75, 3.05) is 7.11 Å². The second kappa shape index (κ2) is 9.36. The number of ether oxygens (including phenoxy) is 2. The van der Waals surface area contributed by atoms with Gasteiger partial charge in [-0.15, -0.1) is 0 Å². The Balaban J connectivity index is 0.000000177. The number of epoxide rings is 1. The SMILES string of the molecule is CCC1(c2c(C)ncc(Br)c2Cl)CC2OC2C1.COc1ccc(CC(C)C)cc1. The highest BCUT2D eigenvalue weighted by atomic mass is 79.9. The van der Waals surface area contributed by atoms with Crippen LogP contribution in [0.15, 0.2) is 34.9 Å². The van der Waals surface area contributed by atoms with Crippen molar-refractivity contribution in [2.45, 2.75) is 71.0 Å². The number of aryl methyl sites for hydroxylation is 1. The number of benzene rings is 1. The summed E-state index contributed by atoms with van der Waals surface area (Å²) in [5.74, 6) is 1.65. The summed E-state index contributed by atoms with van der Waals surface area (Å²) >= 11 is 9.96. The van der Waals surface area contributed by atoms with Crippen molar-refractivity contribution >= 4 is 27.5 Å². The van der Waals surface area contributed by atoms with E-state index in [1.165, 1.54) is 11.1 Å². The lowest BCUT2D eigenvalue weighted by Gasteiger charge is -2.32. The normalized spacial score (nSPS) is 24.7. The number of fused-ring (bicyclic) bond motifs is 1. The van der Waals surface area contributed by atoms with Crippen LogP contribution in [0.25, 0.3) is 0 Å². The molecule has 158 valence electrons. The lowest BCUT2D eigenvalue weighted by Crippen LogP contribution is -2.26. The number of rotatable bonds is 5. The van der Waals surface area contributed by atoms with E-state index in [-0.39, 0.29) is 5.41 Å². The van der Waals surface area contributed by atoms with E-state index in [1.807, 2.05) is 12.1 Å². The van der Waals surface area contributed by atoms with Gasteiger partial charge in [0.05, 0.1) is 28.8 Å². The van der Waals surface area contributed by atoms with Gasteiger partial charge in [0.1, 0.15) is 5.75 Å². The monoisotopic (exact) mass is 479 g/mol. The van der Waals surface area contributed by atoms with Crippen LogP contribution in [0.4, 0.5) is 0 Å². The average molecular weight is 481 g/mol. The maximum Gasteiger partial charge on any atom is 0.118 e. The lowest BCUT2D eigenvalue weighted by atomic mass is 9.75. The van der Waals surface area contributed by atoms with E-state index in [1.54, 1.807) is 13.3 Å². The number of aromatic nitrogens is 1. The molecule has 0 bridgehead atoms. The van der Waals surface area contributed by atoms with Crippen LogP contribution in [0.1, 0.15) is 56.9 Å². The Hall–Kier alpha value is -1.10. The van der Waals surface area contributed by atoms with Gasteiger partial charge in [-0.1, -0.05) is 44.5 Å². The first kappa shape index (κ1) is 22.6. The zero-order chi connectivity index (χ0) is 21.2. The quantitative estimate of drug-likeness (QED) is 0.436. The molecule has 29 heavy (non-hydrogen) atoms. The maximum absolute atomic E-state index is 6.48. The molecule has 1 saturated heterocycles. The summed E-state index contributed by atoms with van der Waals surface area (Å²) in [7, 11) is 1.69. The molecule has 1 aromatic carbocycles. The van der Waals surface area contributed by atoms with Crippen molar-refractivity contribution in [1.82, 2.24) is 4.98 Å². The van der Waals surface area contributed by atoms with Gasteiger partial charge in [-0.3, -0.25) is 4.98 Å². The van der Waals surface area contributed by atoms with Gasteiger partial charge in [-0.25, -0.2) is 0 Å². The third-order valence-corrected chi connectivity index (χ3v) is 7.27. The summed E-state index contributed by atoms with van der Waals surface area (Å²) in [6.45, 7) is 8.74. The van der Waals surface area contributed by atoms with Crippen LogP contribution in [0, 0.1) is 12.8 Å². The van der Waals surface area contributed by atoms with Gasteiger partial charge in [0, 0.05) is 17.3 Å². The topological polar surface area (TPSA) is 34.7 Å². The summed E-state index contributed by atoms with van der Waals surface area (Å²) in [5.41, 5.74) is 3.84. The van der Waals surface area contributed by atoms with Crippen molar-refractivity contribution in [3.8, 4) is 5.75 Å². The number of hydrogen-bond acceptors (Lipinski definition) is 3.